The standard InChI is InChI=1S/C12H14N2O3/c15-11-7-14(8-12(16)17)6-10(13-11)9-4-2-1-3-5-9/h1-5,10H,6-8H2,(H,13,15)(H,16,17). The molecular weight excluding hydrogens is 220 g/mol. The Kier molecular flexibility index (Phi) is 3.39. The fourth-order valence-corrected chi connectivity index (χ4v) is 2.00. The molecule has 1 saturated heterocycles. The summed E-state index contributed by atoms with van der Waals surface area (Å²) in [5, 5.41) is 11.6. The third kappa shape index (κ3) is 3.04. The molecule has 17 heavy (non-hydrogen) atoms. The van der Waals surface area contributed by atoms with E-state index >= 15 is 0 Å². The van der Waals surface area contributed by atoms with Crippen LogP contribution < -0.4 is 5.32 Å². The highest BCUT2D eigenvalue weighted by Gasteiger charge is 2.26. The van der Waals surface area contributed by atoms with Crippen LogP contribution in [0.1, 0.15) is 11.6 Å². The largest absolute Gasteiger partial charge is 0.480 e. The summed E-state index contributed by atoms with van der Waals surface area (Å²) < 4.78 is 0. The van der Waals surface area contributed by atoms with Gasteiger partial charge >= 0.3 is 5.97 Å². The summed E-state index contributed by atoms with van der Waals surface area (Å²) in [4.78, 5) is 23.8. The summed E-state index contributed by atoms with van der Waals surface area (Å²) in [6.45, 7) is 0.578. The Morgan fingerprint density at radius 2 is 2.12 bits per heavy atom. The predicted octanol–water partition coefficient (Wildman–Crippen LogP) is 0.244. The van der Waals surface area contributed by atoms with E-state index in [0.717, 1.165) is 5.56 Å². The Morgan fingerprint density at radius 1 is 1.41 bits per heavy atom. The molecule has 1 amide bonds. The second-order valence-corrected chi connectivity index (χ2v) is 4.09. The average Bonchev–Trinajstić information content (AvgIpc) is 2.28. The van der Waals surface area contributed by atoms with Gasteiger partial charge in [-0.2, -0.15) is 0 Å². The molecule has 1 aliphatic heterocycles. The molecule has 1 aromatic carbocycles. The second-order valence-electron chi connectivity index (χ2n) is 4.09. The molecule has 0 radical (unpaired) electrons. The van der Waals surface area contributed by atoms with E-state index < -0.39 is 5.97 Å². The van der Waals surface area contributed by atoms with Crippen LogP contribution in [0.25, 0.3) is 0 Å². The molecule has 0 aromatic heterocycles. The zero-order chi connectivity index (χ0) is 12.3. The molecule has 1 unspecified atom stereocenters. The van der Waals surface area contributed by atoms with Crippen LogP contribution in [-0.4, -0.2) is 41.5 Å². The number of aliphatic carboxylic acids is 1. The van der Waals surface area contributed by atoms with E-state index in [-0.39, 0.29) is 25.0 Å². The molecule has 0 saturated carbocycles. The number of nitrogens with zero attached hydrogens (tertiary/aromatic N) is 1. The molecule has 1 atom stereocenters. The smallest absolute Gasteiger partial charge is 0.317 e. The Morgan fingerprint density at radius 3 is 2.76 bits per heavy atom. The zero-order valence-corrected chi connectivity index (χ0v) is 9.30. The molecule has 1 heterocycles. The number of piperazine rings is 1. The molecule has 2 rings (SSSR count). The lowest BCUT2D eigenvalue weighted by Crippen LogP contribution is -2.50. The van der Waals surface area contributed by atoms with Gasteiger partial charge in [-0.1, -0.05) is 30.3 Å². The summed E-state index contributed by atoms with van der Waals surface area (Å²) in [6, 6.07) is 9.43. The van der Waals surface area contributed by atoms with E-state index in [2.05, 4.69) is 5.32 Å². The van der Waals surface area contributed by atoms with Crippen molar-refractivity contribution in [2.45, 2.75) is 6.04 Å². The van der Waals surface area contributed by atoms with Crippen molar-refractivity contribution in [1.29, 1.82) is 0 Å². The number of hydrogen-bond donors (Lipinski definition) is 2. The Balaban J connectivity index is 2.09. The number of carboxylic acids is 1. The summed E-state index contributed by atoms with van der Waals surface area (Å²) in [5.74, 6) is -1.04. The van der Waals surface area contributed by atoms with Crippen LogP contribution in [0.4, 0.5) is 0 Å². The highest BCUT2D eigenvalue weighted by molar-refractivity contribution is 5.80. The minimum absolute atomic E-state index is 0.100. The van der Waals surface area contributed by atoms with Crippen LogP contribution in [-0.2, 0) is 9.59 Å². The van der Waals surface area contributed by atoms with Crippen molar-refractivity contribution in [2.24, 2.45) is 0 Å². The molecule has 5 heteroatoms. The third-order valence-corrected chi connectivity index (χ3v) is 2.70. The normalized spacial score (nSPS) is 20.9. The Hall–Kier alpha value is -1.88. The highest BCUT2D eigenvalue weighted by Crippen LogP contribution is 2.16. The summed E-state index contributed by atoms with van der Waals surface area (Å²) in [6.07, 6.45) is 0. The Labute approximate surface area is 99.0 Å². The molecule has 0 bridgehead atoms. The van der Waals surface area contributed by atoms with Gasteiger partial charge < -0.3 is 10.4 Å². The first kappa shape index (κ1) is 11.6. The fourth-order valence-electron chi connectivity index (χ4n) is 2.00. The maximum Gasteiger partial charge on any atom is 0.317 e. The monoisotopic (exact) mass is 234 g/mol. The Bertz CT molecular complexity index is 417. The van der Waals surface area contributed by atoms with Crippen LogP contribution in [0.3, 0.4) is 0 Å². The molecule has 0 spiro atoms. The molecular formula is C12H14N2O3. The van der Waals surface area contributed by atoms with Gasteiger partial charge in [-0.3, -0.25) is 14.5 Å². The van der Waals surface area contributed by atoms with Crippen molar-refractivity contribution in [3.63, 3.8) is 0 Å². The van der Waals surface area contributed by atoms with Gasteiger partial charge in [-0.25, -0.2) is 0 Å². The lowest BCUT2D eigenvalue weighted by atomic mass is 10.0. The van der Waals surface area contributed by atoms with E-state index in [1.165, 1.54) is 0 Å². The van der Waals surface area contributed by atoms with Crippen molar-refractivity contribution < 1.29 is 14.7 Å². The van der Waals surface area contributed by atoms with Crippen LogP contribution in [0.5, 0.6) is 0 Å². The van der Waals surface area contributed by atoms with E-state index in [4.69, 9.17) is 5.11 Å². The SMILES string of the molecule is O=C(O)CN1CC(=O)NC(c2ccccc2)C1. The number of nitrogens with one attached hydrogen (secondary N) is 1. The van der Waals surface area contributed by atoms with Crippen LogP contribution >= 0.6 is 0 Å². The molecule has 0 aliphatic carbocycles. The van der Waals surface area contributed by atoms with Gasteiger partial charge in [-0.05, 0) is 5.56 Å². The lowest BCUT2D eigenvalue weighted by Gasteiger charge is -2.32. The van der Waals surface area contributed by atoms with Gasteiger partial charge in [0, 0.05) is 6.54 Å². The minimum atomic E-state index is -0.911. The molecule has 1 fully saturated rings. The van der Waals surface area contributed by atoms with Gasteiger partial charge in [0.15, 0.2) is 0 Å². The predicted molar refractivity (Wildman–Crippen MR) is 61.4 cm³/mol. The second kappa shape index (κ2) is 4.97. The van der Waals surface area contributed by atoms with E-state index in [9.17, 15) is 9.59 Å². The minimum Gasteiger partial charge on any atom is -0.480 e. The molecule has 5 nitrogen and oxygen atoms in total. The fraction of sp³-hybridized carbons (Fsp3) is 0.333. The van der Waals surface area contributed by atoms with Gasteiger partial charge in [0.2, 0.25) is 5.91 Å². The van der Waals surface area contributed by atoms with Crippen molar-refractivity contribution in [3.8, 4) is 0 Å². The van der Waals surface area contributed by atoms with Crippen molar-refractivity contribution in [3.05, 3.63) is 35.9 Å². The maximum atomic E-state index is 11.5. The van der Waals surface area contributed by atoms with Crippen LogP contribution in [0.15, 0.2) is 30.3 Å². The van der Waals surface area contributed by atoms with E-state index in [0.29, 0.717) is 6.54 Å². The number of rotatable bonds is 3. The van der Waals surface area contributed by atoms with Crippen LogP contribution in [0, 0.1) is 0 Å². The van der Waals surface area contributed by atoms with Crippen LogP contribution in [0.2, 0.25) is 0 Å². The first-order valence-electron chi connectivity index (χ1n) is 5.43. The van der Waals surface area contributed by atoms with E-state index in [1.807, 2.05) is 30.3 Å². The number of carbonyl (C=O) groups excluding carboxylic acids is 1. The van der Waals surface area contributed by atoms with E-state index in [1.54, 1.807) is 4.90 Å². The van der Waals surface area contributed by atoms with Crippen molar-refractivity contribution in [1.82, 2.24) is 10.2 Å². The summed E-state index contributed by atoms with van der Waals surface area (Å²) >= 11 is 0. The van der Waals surface area contributed by atoms with Crippen molar-refractivity contribution >= 4 is 11.9 Å². The number of amides is 1. The lowest BCUT2D eigenvalue weighted by molar-refractivity contribution is -0.139. The van der Waals surface area contributed by atoms with Crippen molar-refractivity contribution in [2.75, 3.05) is 19.6 Å². The highest BCUT2D eigenvalue weighted by atomic mass is 16.4. The number of benzene rings is 1. The first-order valence-corrected chi connectivity index (χ1v) is 5.43. The molecule has 1 aliphatic rings. The maximum absolute atomic E-state index is 11.5. The topological polar surface area (TPSA) is 69.6 Å². The molecule has 90 valence electrons. The zero-order valence-electron chi connectivity index (χ0n) is 9.30. The summed E-state index contributed by atoms with van der Waals surface area (Å²) in [5.41, 5.74) is 0.996. The first-order chi connectivity index (χ1) is 8.15. The molecule has 2 N–H and O–H groups in total. The van der Waals surface area contributed by atoms with Gasteiger partial charge in [-0.15, -0.1) is 0 Å². The number of carbonyl (C=O) groups is 2. The van der Waals surface area contributed by atoms with Gasteiger partial charge in [0.1, 0.15) is 0 Å². The molecule has 1 aromatic rings. The number of carboxylic acid groups (broad SMARTS) is 1. The quantitative estimate of drug-likeness (QED) is 0.786. The summed E-state index contributed by atoms with van der Waals surface area (Å²) in [7, 11) is 0. The average molecular weight is 234 g/mol. The van der Waals surface area contributed by atoms with Gasteiger partial charge in [0.25, 0.3) is 0 Å². The number of hydrogen-bond acceptors (Lipinski definition) is 3. The van der Waals surface area contributed by atoms with Gasteiger partial charge in [0.05, 0.1) is 19.1 Å². The third-order valence-electron chi connectivity index (χ3n) is 2.70.